The van der Waals surface area contributed by atoms with E-state index in [2.05, 4.69) is 16.1 Å². The molecule has 8 heteroatoms. The Hall–Kier alpha value is -0.800. The zero-order chi connectivity index (χ0) is 20.4. The number of rotatable bonds is 6. The van der Waals surface area contributed by atoms with Crippen LogP contribution in [-0.4, -0.2) is 55.9 Å². The number of aliphatic hydroxyl groups is 1. The highest BCUT2D eigenvalue weighted by Gasteiger charge is 2.45. The van der Waals surface area contributed by atoms with Crippen molar-refractivity contribution in [1.82, 2.24) is 16.1 Å². The summed E-state index contributed by atoms with van der Waals surface area (Å²) in [6.45, 7) is 0.564. The van der Waals surface area contributed by atoms with Crippen LogP contribution in [-0.2, 0) is 14.4 Å². The smallest absolute Gasteiger partial charge is 0.226 e. The van der Waals surface area contributed by atoms with E-state index in [1.165, 1.54) is 0 Å². The molecule has 1 aliphatic heterocycles. The van der Waals surface area contributed by atoms with Crippen molar-refractivity contribution in [3.8, 4) is 0 Å². The maximum absolute atomic E-state index is 14.3. The van der Waals surface area contributed by atoms with Crippen molar-refractivity contribution in [1.29, 1.82) is 0 Å². The third kappa shape index (κ3) is 4.77. The molecule has 1 amide bonds. The number of methoxy groups -OCH3 is 1. The van der Waals surface area contributed by atoms with Crippen LogP contribution in [0.5, 0.6) is 0 Å². The molecule has 0 aromatic heterocycles. The van der Waals surface area contributed by atoms with E-state index in [-0.39, 0.29) is 36.9 Å². The minimum absolute atomic E-state index is 0.0458. The minimum atomic E-state index is -1.08. The number of hydrogen-bond acceptors (Lipinski definition) is 6. The molecule has 0 radical (unpaired) electrons. The van der Waals surface area contributed by atoms with Crippen LogP contribution < -0.4 is 16.1 Å². The Bertz CT molecular complexity index is 568. The lowest BCUT2D eigenvalue weighted by Gasteiger charge is -2.37. The second-order valence-corrected chi connectivity index (χ2v) is 9.50. The van der Waals surface area contributed by atoms with Gasteiger partial charge in [-0.15, -0.1) is 0 Å². The molecule has 0 spiro atoms. The van der Waals surface area contributed by atoms with Crippen molar-refractivity contribution in [3.05, 3.63) is 0 Å². The van der Waals surface area contributed by atoms with Gasteiger partial charge in [0, 0.05) is 19.8 Å². The highest BCUT2D eigenvalue weighted by atomic mass is 19.1. The lowest BCUT2D eigenvalue weighted by molar-refractivity contribution is -0.130. The number of aliphatic hydroxyl groups excluding tert-OH is 1. The number of fused-ring (bicyclic) bond motifs is 1. The molecule has 4 N–H and O–H groups in total. The van der Waals surface area contributed by atoms with E-state index in [0.717, 1.165) is 32.1 Å². The van der Waals surface area contributed by atoms with Gasteiger partial charge in [-0.1, -0.05) is 0 Å². The highest BCUT2D eigenvalue weighted by Crippen LogP contribution is 2.45. The normalized spacial score (nSPS) is 45.1. The average molecular weight is 414 g/mol. The molecule has 166 valence electrons. The van der Waals surface area contributed by atoms with Crippen LogP contribution >= 0.6 is 0 Å². The summed E-state index contributed by atoms with van der Waals surface area (Å²) in [5.74, 6) is 0.910. The molecule has 4 aliphatic rings. The third-order valence-electron chi connectivity index (χ3n) is 7.74. The molecule has 0 bridgehead atoms. The second kappa shape index (κ2) is 9.56. The summed E-state index contributed by atoms with van der Waals surface area (Å²) in [6, 6.07) is 0.164. The predicted molar refractivity (Wildman–Crippen MR) is 105 cm³/mol. The summed E-state index contributed by atoms with van der Waals surface area (Å²) >= 11 is 0. The molecular weight excluding hydrogens is 377 g/mol. The summed E-state index contributed by atoms with van der Waals surface area (Å²) in [5.41, 5.74) is 3.12. The summed E-state index contributed by atoms with van der Waals surface area (Å²) in [7, 11) is 1.67. The van der Waals surface area contributed by atoms with Crippen LogP contribution in [0.1, 0.15) is 51.4 Å². The van der Waals surface area contributed by atoms with Crippen molar-refractivity contribution in [2.24, 2.45) is 29.6 Å². The fourth-order valence-corrected chi connectivity index (χ4v) is 6.11. The minimum Gasteiger partial charge on any atom is -0.396 e. The number of hydrogen-bond donors (Lipinski definition) is 4. The Labute approximate surface area is 172 Å². The molecule has 1 saturated heterocycles. The molecule has 0 aromatic rings. The summed E-state index contributed by atoms with van der Waals surface area (Å²) < 4.78 is 19.5. The molecular formula is C21H36FN3O4. The number of nitrogens with one attached hydrogen (secondary N) is 3. The van der Waals surface area contributed by atoms with Gasteiger partial charge in [0.25, 0.3) is 0 Å². The number of hydroxylamine groups is 1. The Balaban J connectivity index is 1.28. The van der Waals surface area contributed by atoms with Gasteiger partial charge >= 0.3 is 0 Å². The summed E-state index contributed by atoms with van der Waals surface area (Å²) in [5, 5.41) is 16.0. The van der Waals surface area contributed by atoms with E-state index in [9.17, 15) is 14.3 Å². The lowest BCUT2D eigenvalue weighted by atomic mass is 9.73. The third-order valence-corrected chi connectivity index (χ3v) is 7.74. The maximum atomic E-state index is 14.3. The summed E-state index contributed by atoms with van der Waals surface area (Å²) in [6.07, 6.45) is 5.87. The number of halogens is 1. The first kappa shape index (κ1) is 21.4. The van der Waals surface area contributed by atoms with Crippen molar-refractivity contribution in [3.63, 3.8) is 0 Å². The van der Waals surface area contributed by atoms with Crippen molar-refractivity contribution in [2.45, 2.75) is 76.0 Å². The Morgan fingerprint density at radius 2 is 2.00 bits per heavy atom. The van der Waals surface area contributed by atoms with E-state index in [1.807, 2.05) is 0 Å². The Morgan fingerprint density at radius 1 is 1.17 bits per heavy atom. The molecule has 3 aliphatic carbocycles. The number of carbonyl (C=O) groups is 1. The van der Waals surface area contributed by atoms with Gasteiger partial charge in [-0.3, -0.25) is 14.9 Å². The summed E-state index contributed by atoms with van der Waals surface area (Å²) in [4.78, 5) is 18.3. The van der Waals surface area contributed by atoms with Crippen molar-refractivity contribution < 1.29 is 23.9 Å². The zero-order valence-corrected chi connectivity index (χ0v) is 17.3. The van der Waals surface area contributed by atoms with Gasteiger partial charge in [0.2, 0.25) is 5.91 Å². The number of amides is 1. The fraction of sp³-hybridized carbons (Fsp3) is 0.952. The highest BCUT2D eigenvalue weighted by molar-refractivity contribution is 5.79. The average Bonchev–Trinajstić information content (AvgIpc) is 3.35. The van der Waals surface area contributed by atoms with E-state index in [0.29, 0.717) is 43.6 Å². The van der Waals surface area contributed by atoms with Gasteiger partial charge in [-0.25, -0.2) is 4.39 Å². The molecule has 8 unspecified atom stereocenters. The Morgan fingerprint density at radius 3 is 2.79 bits per heavy atom. The van der Waals surface area contributed by atoms with Gasteiger partial charge < -0.3 is 15.2 Å². The van der Waals surface area contributed by atoms with E-state index in [1.54, 1.807) is 7.11 Å². The molecule has 9 atom stereocenters. The van der Waals surface area contributed by atoms with Crippen molar-refractivity contribution >= 4 is 5.91 Å². The lowest BCUT2D eigenvalue weighted by Crippen LogP contribution is -2.48. The zero-order valence-electron chi connectivity index (χ0n) is 17.3. The monoisotopic (exact) mass is 413 g/mol. The molecule has 1 heterocycles. The van der Waals surface area contributed by atoms with Crippen LogP contribution in [0, 0.1) is 29.6 Å². The van der Waals surface area contributed by atoms with Crippen LogP contribution in [0.3, 0.4) is 0 Å². The van der Waals surface area contributed by atoms with E-state index >= 15 is 0 Å². The van der Waals surface area contributed by atoms with Gasteiger partial charge in [0.1, 0.15) is 6.17 Å². The van der Waals surface area contributed by atoms with Gasteiger partial charge in [0.15, 0.2) is 6.23 Å². The van der Waals surface area contributed by atoms with E-state index in [4.69, 9.17) is 9.57 Å². The molecule has 4 fully saturated rings. The number of ether oxygens (including phenoxy) is 1. The first-order chi connectivity index (χ1) is 14.1. The molecule has 7 nitrogen and oxygen atoms in total. The predicted octanol–water partition coefficient (Wildman–Crippen LogP) is 1.47. The SMILES string of the molecule is COCC1NC(C2CCC3C(CC[C@H]3NC(=O)C3CC(CO)CCC3F)C2)NO1. The Kier molecular flexibility index (Phi) is 7.06. The molecule has 3 saturated carbocycles. The largest absolute Gasteiger partial charge is 0.396 e. The van der Waals surface area contributed by atoms with Gasteiger partial charge in [-0.05, 0) is 75.0 Å². The van der Waals surface area contributed by atoms with Crippen LogP contribution in [0.2, 0.25) is 0 Å². The molecule has 4 rings (SSSR count). The van der Waals surface area contributed by atoms with Crippen LogP contribution in [0.15, 0.2) is 0 Å². The topological polar surface area (TPSA) is 91.9 Å². The quantitative estimate of drug-likeness (QED) is 0.527. The number of alkyl halides is 1. The first-order valence-electron chi connectivity index (χ1n) is 11.3. The van der Waals surface area contributed by atoms with Gasteiger partial charge in [0.05, 0.1) is 18.7 Å². The van der Waals surface area contributed by atoms with Crippen LogP contribution in [0.25, 0.3) is 0 Å². The molecule has 29 heavy (non-hydrogen) atoms. The maximum Gasteiger partial charge on any atom is 0.226 e. The fourth-order valence-electron chi connectivity index (χ4n) is 6.11. The van der Waals surface area contributed by atoms with Crippen LogP contribution in [0.4, 0.5) is 4.39 Å². The van der Waals surface area contributed by atoms with Crippen molar-refractivity contribution in [2.75, 3.05) is 20.3 Å². The first-order valence-corrected chi connectivity index (χ1v) is 11.3. The standard InChI is InChI=1S/C21H36FN3O4/c1-28-11-19-24-20(25-29-19)14-3-5-15-13(9-14)4-7-18(15)23-21(27)16-8-12(10-26)2-6-17(16)22/h12-20,24-26H,2-11H2,1H3,(H,23,27)/t12?,13?,14?,15?,16?,17?,18-,19?,20?/m1/s1. The van der Waals surface area contributed by atoms with Gasteiger partial charge in [-0.2, -0.15) is 5.48 Å². The second-order valence-electron chi connectivity index (χ2n) is 9.50. The molecule has 0 aromatic carbocycles. The number of carbonyl (C=O) groups excluding carboxylic acids is 1. The van der Waals surface area contributed by atoms with E-state index < -0.39 is 12.1 Å².